The highest BCUT2D eigenvalue weighted by Gasteiger charge is 2.30. The van der Waals surface area contributed by atoms with Gasteiger partial charge in [0, 0.05) is 22.8 Å². The fourth-order valence-electron chi connectivity index (χ4n) is 1.56. The Bertz CT molecular complexity index is 393. The Balaban J connectivity index is 3.04. The summed E-state index contributed by atoms with van der Waals surface area (Å²) >= 11 is 3.22. The van der Waals surface area contributed by atoms with Crippen molar-refractivity contribution in [3.05, 3.63) is 28.2 Å². The Morgan fingerprint density at radius 2 is 2.00 bits per heavy atom. The first-order chi connectivity index (χ1) is 7.70. The lowest BCUT2D eigenvalue weighted by Gasteiger charge is -2.24. The lowest BCUT2D eigenvalue weighted by molar-refractivity contribution is -0.119. The van der Waals surface area contributed by atoms with Crippen molar-refractivity contribution in [2.45, 2.75) is 19.2 Å². The lowest BCUT2D eigenvalue weighted by Crippen LogP contribution is -2.31. The summed E-state index contributed by atoms with van der Waals surface area (Å²) in [5.41, 5.74) is 0.839. The normalized spacial score (nSPS) is 13.6. The molecule has 0 saturated heterocycles. The molecule has 0 aliphatic carbocycles. The smallest absolute Gasteiger partial charge is 0.389 e. The van der Waals surface area contributed by atoms with Gasteiger partial charge in [0.15, 0.2) is 0 Å². The second-order valence-corrected chi connectivity index (χ2v) is 4.77. The molecule has 0 aliphatic rings. The molecule has 0 heterocycles. The van der Waals surface area contributed by atoms with Gasteiger partial charge in [0.05, 0.1) is 6.10 Å². The number of hydrogen-bond acceptors (Lipinski definition) is 2. The number of alkyl halides is 3. The van der Waals surface area contributed by atoms with Crippen molar-refractivity contribution in [3.63, 3.8) is 0 Å². The highest BCUT2D eigenvalue weighted by Crippen LogP contribution is 2.30. The Labute approximate surface area is 106 Å². The van der Waals surface area contributed by atoms with E-state index in [9.17, 15) is 18.3 Å². The first-order valence-corrected chi connectivity index (χ1v) is 5.75. The zero-order valence-electron chi connectivity index (χ0n) is 9.42. The van der Waals surface area contributed by atoms with Crippen molar-refractivity contribution in [1.82, 2.24) is 0 Å². The molecule has 0 fully saturated rings. The van der Waals surface area contributed by atoms with Crippen LogP contribution >= 0.6 is 15.9 Å². The molecule has 1 unspecified atom stereocenters. The second-order valence-electron chi connectivity index (χ2n) is 3.85. The molecule has 0 spiro atoms. The maximum Gasteiger partial charge on any atom is 0.405 e. The predicted octanol–water partition coefficient (Wildman–Crippen LogP) is 3.50. The molecule has 0 radical (unpaired) electrons. The first kappa shape index (κ1) is 14.3. The van der Waals surface area contributed by atoms with E-state index in [4.69, 9.17) is 0 Å². The quantitative estimate of drug-likeness (QED) is 0.923. The van der Waals surface area contributed by atoms with E-state index >= 15 is 0 Å². The summed E-state index contributed by atoms with van der Waals surface area (Å²) in [5.74, 6) is 0. The number of anilines is 1. The molecule has 0 aliphatic heterocycles. The fraction of sp³-hybridized carbons (Fsp3) is 0.455. The average molecular weight is 312 g/mol. The van der Waals surface area contributed by atoms with Gasteiger partial charge in [0.2, 0.25) is 0 Å². The van der Waals surface area contributed by atoms with Gasteiger partial charge in [-0.15, -0.1) is 0 Å². The third-order valence-corrected chi connectivity index (χ3v) is 2.76. The minimum atomic E-state index is -4.27. The summed E-state index contributed by atoms with van der Waals surface area (Å²) in [7, 11) is 1.35. The van der Waals surface area contributed by atoms with Crippen molar-refractivity contribution in [3.8, 4) is 0 Å². The third-order valence-electron chi connectivity index (χ3n) is 2.27. The number of rotatable bonds is 3. The molecule has 0 aromatic heterocycles. The molecule has 2 nitrogen and oxygen atoms in total. The van der Waals surface area contributed by atoms with Gasteiger partial charge in [-0.1, -0.05) is 15.9 Å². The number of aliphatic hydroxyl groups is 1. The molecule has 0 amide bonds. The molecule has 1 N–H and O–H groups in total. The molecule has 96 valence electrons. The number of halogens is 4. The first-order valence-electron chi connectivity index (χ1n) is 4.96. The van der Waals surface area contributed by atoms with Gasteiger partial charge >= 0.3 is 6.18 Å². The molecule has 0 bridgehead atoms. The van der Waals surface area contributed by atoms with Gasteiger partial charge in [-0.2, -0.15) is 13.2 Å². The van der Waals surface area contributed by atoms with E-state index in [1.807, 2.05) is 0 Å². The topological polar surface area (TPSA) is 23.5 Å². The standard InChI is InChI=1S/C11H13BrF3NO/c1-7(17)9-5-8(12)3-4-10(9)16(2)6-11(13,14)15/h3-5,7,17H,6H2,1-2H3. The van der Waals surface area contributed by atoms with Crippen LogP contribution in [0, 0.1) is 0 Å². The monoisotopic (exact) mass is 311 g/mol. The molecule has 17 heavy (non-hydrogen) atoms. The van der Waals surface area contributed by atoms with Gasteiger partial charge in [-0.3, -0.25) is 0 Å². The van der Waals surface area contributed by atoms with Crippen molar-refractivity contribution in [1.29, 1.82) is 0 Å². The lowest BCUT2D eigenvalue weighted by atomic mass is 10.1. The maximum absolute atomic E-state index is 12.3. The van der Waals surface area contributed by atoms with Crippen LogP contribution in [0.5, 0.6) is 0 Å². The number of aliphatic hydroxyl groups excluding tert-OH is 1. The highest BCUT2D eigenvalue weighted by molar-refractivity contribution is 9.10. The fourth-order valence-corrected chi connectivity index (χ4v) is 1.94. The van der Waals surface area contributed by atoms with E-state index in [1.54, 1.807) is 18.2 Å². The van der Waals surface area contributed by atoms with E-state index in [1.165, 1.54) is 14.0 Å². The van der Waals surface area contributed by atoms with Crippen LogP contribution in [0.3, 0.4) is 0 Å². The van der Waals surface area contributed by atoms with Gasteiger partial charge in [-0.05, 0) is 25.1 Å². The van der Waals surface area contributed by atoms with E-state index in [0.717, 1.165) is 9.37 Å². The van der Waals surface area contributed by atoms with Crippen LogP contribution in [0.15, 0.2) is 22.7 Å². The largest absolute Gasteiger partial charge is 0.405 e. The Kier molecular flexibility index (Phi) is 4.43. The van der Waals surface area contributed by atoms with E-state index < -0.39 is 18.8 Å². The summed E-state index contributed by atoms with van der Waals surface area (Å²) < 4.78 is 37.6. The van der Waals surface area contributed by atoms with Gasteiger partial charge < -0.3 is 10.0 Å². The maximum atomic E-state index is 12.3. The number of hydrogen-bond donors (Lipinski definition) is 1. The zero-order chi connectivity index (χ0) is 13.2. The van der Waals surface area contributed by atoms with Crippen molar-refractivity contribution >= 4 is 21.6 Å². The van der Waals surface area contributed by atoms with Crippen LogP contribution in [0.4, 0.5) is 18.9 Å². The van der Waals surface area contributed by atoms with Gasteiger partial charge in [0.25, 0.3) is 0 Å². The summed E-state index contributed by atoms with van der Waals surface area (Å²) in [5, 5.41) is 9.55. The van der Waals surface area contributed by atoms with Crippen molar-refractivity contribution in [2.24, 2.45) is 0 Å². The predicted molar refractivity (Wildman–Crippen MR) is 64.1 cm³/mol. The van der Waals surface area contributed by atoms with Gasteiger partial charge in [-0.25, -0.2) is 0 Å². The van der Waals surface area contributed by atoms with E-state index in [0.29, 0.717) is 11.3 Å². The van der Waals surface area contributed by atoms with E-state index in [2.05, 4.69) is 15.9 Å². The summed E-state index contributed by atoms with van der Waals surface area (Å²) in [6.07, 6.45) is -5.09. The number of nitrogens with zero attached hydrogens (tertiary/aromatic N) is 1. The SMILES string of the molecule is CC(O)c1cc(Br)ccc1N(C)CC(F)(F)F. The minimum absolute atomic E-state index is 0.375. The van der Waals surface area contributed by atoms with Crippen LogP contribution in [-0.2, 0) is 0 Å². The van der Waals surface area contributed by atoms with Crippen LogP contribution in [0.2, 0.25) is 0 Å². The number of benzene rings is 1. The Morgan fingerprint density at radius 3 is 2.47 bits per heavy atom. The molecular weight excluding hydrogens is 299 g/mol. The van der Waals surface area contributed by atoms with Crippen molar-refractivity contribution < 1.29 is 18.3 Å². The molecule has 0 saturated carbocycles. The summed E-state index contributed by atoms with van der Waals surface area (Å²) in [6, 6.07) is 4.82. The Hall–Kier alpha value is -0.750. The van der Waals surface area contributed by atoms with Crippen LogP contribution in [-0.4, -0.2) is 24.9 Å². The summed E-state index contributed by atoms with van der Waals surface area (Å²) in [6.45, 7) is 0.473. The molecule has 1 aromatic rings. The molecule has 6 heteroatoms. The van der Waals surface area contributed by atoms with Crippen molar-refractivity contribution in [2.75, 3.05) is 18.5 Å². The van der Waals surface area contributed by atoms with Crippen LogP contribution < -0.4 is 4.90 Å². The van der Waals surface area contributed by atoms with E-state index in [-0.39, 0.29) is 0 Å². The van der Waals surface area contributed by atoms with Crippen LogP contribution in [0.1, 0.15) is 18.6 Å². The minimum Gasteiger partial charge on any atom is -0.389 e. The second kappa shape index (κ2) is 5.27. The molecule has 1 rings (SSSR count). The van der Waals surface area contributed by atoms with Crippen LogP contribution in [0.25, 0.3) is 0 Å². The third kappa shape index (κ3) is 4.20. The Morgan fingerprint density at radius 1 is 1.41 bits per heavy atom. The molecule has 1 aromatic carbocycles. The molecule has 1 atom stereocenters. The summed E-state index contributed by atoms with van der Waals surface area (Å²) in [4.78, 5) is 1.08. The van der Waals surface area contributed by atoms with Gasteiger partial charge in [0.1, 0.15) is 6.54 Å². The average Bonchev–Trinajstić information content (AvgIpc) is 2.14. The zero-order valence-corrected chi connectivity index (χ0v) is 11.0. The highest BCUT2D eigenvalue weighted by atomic mass is 79.9. The molecular formula is C11H13BrF3NO.